The van der Waals surface area contributed by atoms with Gasteiger partial charge in [-0.3, -0.25) is 0 Å². The fraction of sp³-hybridized carbons (Fsp3) is 0.185. The average molecular weight is 364 g/mol. The van der Waals surface area contributed by atoms with Gasteiger partial charge in [-0.15, -0.1) is 0 Å². The van der Waals surface area contributed by atoms with Crippen molar-refractivity contribution in [2.24, 2.45) is 0 Å². The lowest BCUT2D eigenvalue weighted by Crippen LogP contribution is -1.94. The molecular weight excluding hydrogens is 340 g/mol. The van der Waals surface area contributed by atoms with Crippen molar-refractivity contribution < 1.29 is 4.42 Å². The van der Waals surface area contributed by atoms with Crippen LogP contribution >= 0.6 is 0 Å². The summed E-state index contributed by atoms with van der Waals surface area (Å²) in [6, 6.07) is 22.1. The van der Waals surface area contributed by atoms with Crippen LogP contribution in [0.3, 0.4) is 0 Å². The molecule has 1 heterocycles. The Balaban J connectivity index is 1.66. The number of benzene rings is 3. The third kappa shape index (κ3) is 2.70. The second kappa shape index (κ2) is 6.83. The average Bonchev–Trinajstić information content (AvgIpc) is 3.37. The van der Waals surface area contributed by atoms with Gasteiger partial charge in [-0.25, -0.2) is 0 Å². The lowest BCUT2D eigenvalue weighted by molar-refractivity contribution is 0.557. The van der Waals surface area contributed by atoms with E-state index in [1.54, 1.807) is 0 Å². The van der Waals surface area contributed by atoms with Crippen molar-refractivity contribution >= 4 is 22.4 Å². The van der Waals surface area contributed by atoms with E-state index in [9.17, 15) is 0 Å². The molecule has 0 atom stereocenters. The van der Waals surface area contributed by atoms with Gasteiger partial charge < -0.3 is 4.42 Å². The Labute approximate surface area is 166 Å². The van der Waals surface area contributed by atoms with E-state index in [-0.39, 0.29) is 0 Å². The third-order valence-corrected chi connectivity index (χ3v) is 5.95. The van der Waals surface area contributed by atoms with Gasteiger partial charge in [0.15, 0.2) is 0 Å². The molecule has 1 aliphatic carbocycles. The first-order valence-electron chi connectivity index (χ1n) is 10.2. The fourth-order valence-electron chi connectivity index (χ4n) is 4.39. The zero-order valence-electron chi connectivity index (χ0n) is 16.5. The monoisotopic (exact) mass is 364 g/mol. The van der Waals surface area contributed by atoms with Gasteiger partial charge in [0.05, 0.1) is 6.26 Å². The van der Waals surface area contributed by atoms with Gasteiger partial charge in [0.25, 0.3) is 0 Å². The van der Waals surface area contributed by atoms with Gasteiger partial charge >= 0.3 is 0 Å². The minimum atomic E-state index is 0.927. The minimum Gasteiger partial charge on any atom is -0.463 e. The molecule has 28 heavy (non-hydrogen) atoms. The predicted octanol–water partition coefficient (Wildman–Crippen LogP) is 7.32. The first-order chi connectivity index (χ1) is 13.8. The van der Waals surface area contributed by atoms with Crippen LogP contribution in [0.15, 0.2) is 71.3 Å². The van der Waals surface area contributed by atoms with Crippen molar-refractivity contribution in [2.75, 3.05) is 0 Å². The lowest BCUT2D eigenvalue weighted by Gasteiger charge is -2.14. The maximum Gasteiger partial charge on any atom is 0.138 e. The van der Waals surface area contributed by atoms with Gasteiger partial charge in [-0.05, 0) is 52.3 Å². The van der Waals surface area contributed by atoms with Crippen molar-refractivity contribution in [1.82, 2.24) is 0 Å². The second-order valence-corrected chi connectivity index (χ2v) is 7.57. The van der Waals surface area contributed by atoms with Crippen LogP contribution in [0.2, 0.25) is 0 Å². The summed E-state index contributed by atoms with van der Waals surface area (Å²) in [6.07, 6.45) is 7.25. The highest BCUT2D eigenvalue weighted by Crippen LogP contribution is 2.41. The molecule has 1 aromatic heterocycles. The van der Waals surface area contributed by atoms with Gasteiger partial charge in [0.2, 0.25) is 0 Å². The van der Waals surface area contributed by atoms with Crippen LogP contribution in [0.5, 0.6) is 0 Å². The molecule has 1 heteroatoms. The van der Waals surface area contributed by atoms with Crippen LogP contribution in [0.25, 0.3) is 33.5 Å². The highest BCUT2D eigenvalue weighted by atomic mass is 16.3. The van der Waals surface area contributed by atoms with E-state index in [2.05, 4.69) is 80.6 Å². The molecule has 0 aliphatic heterocycles. The molecule has 0 bridgehead atoms. The Hall–Kier alpha value is -3.06. The van der Waals surface area contributed by atoms with Crippen LogP contribution in [0.4, 0.5) is 0 Å². The van der Waals surface area contributed by atoms with Crippen molar-refractivity contribution in [3.05, 3.63) is 94.9 Å². The van der Waals surface area contributed by atoms with E-state index in [1.807, 2.05) is 6.26 Å². The Morgan fingerprint density at radius 1 is 0.857 bits per heavy atom. The summed E-state index contributed by atoms with van der Waals surface area (Å²) in [4.78, 5) is 0. The van der Waals surface area contributed by atoms with Crippen molar-refractivity contribution in [3.63, 3.8) is 0 Å². The van der Waals surface area contributed by atoms with Gasteiger partial charge in [0.1, 0.15) is 5.76 Å². The summed E-state index contributed by atoms with van der Waals surface area (Å²) >= 11 is 0. The standard InChI is InChI=1S/C27H24O/c1-3-18-9-11-20(12-10-18)26-19(4-2)13-14-21-15-23(16-25(21)26)27-24-8-6-5-7-22(24)17-28-27/h5-14,16-17H,3-4,15H2,1-2H3. The summed E-state index contributed by atoms with van der Waals surface area (Å²) in [5.74, 6) is 1.01. The number of furan rings is 1. The number of hydrogen-bond acceptors (Lipinski definition) is 1. The van der Waals surface area contributed by atoms with Crippen LogP contribution in [0.1, 0.15) is 41.9 Å². The minimum absolute atomic E-state index is 0.927. The van der Waals surface area contributed by atoms with E-state index in [0.717, 1.165) is 25.0 Å². The topological polar surface area (TPSA) is 13.1 Å². The van der Waals surface area contributed by atoms with E-state index in [4.69, 9.17) is 4.42 Å². The molecule has 138 valence electrons. The number of fused-ring (bicyclic) bond motifs is 2. The van der Waals surface area contributed by atoms with Crippen LogP contribution in [-0.4, -0.2) is 0 Å². The Bertz CT molecular complexity index is 1190. The Kier molecular flexibility index (Phi) is 4.16. The maximum atomic E-state index is 5.99. The normalized spacial score (nSPS) is 13.0. The van der Waals surface area contributed by atoms with Crippen LogP contribution < -0.4 is 0 Å². The molecular formula is C27H24O. The van der Waals surface area contributed by atoms with Crippen LogP contribution in [0, 0.1) is 0 Å². The van der Waals surface area contributed by atoms with E-state index in [1.165, 1.54) is 49.7 Å². The van der Waals surface area contributed by atoms with E-state index in [0.29, 0.717) is 0 Å². The van der Waals surface area contributed by atoms with Crippen LogP contribution in [-0.2, 0) is 19.3 Å². The summed E-state index contributed by atoms with van der Waals surface area (Å²) in [5.41, 5.74) is 9.51. The summed E-state index contributed by atoms with van der Waals surface area (Å²) in [7, 11) is 0. The number of rotatable bonds is 4. The molecule has 5 rings (SSSR count). The summed E-state index contributed by atoms with van der Waals surface area (Å²) in [5, 5.41) is 2.37. The second-order valence-electron chi connectivity index (χ2n) is 7.57. The summed E-state index contributed by atoms with van der Waals surface area (Å²) in [6.45, 7) is 4.45. The largest absolute Gasteiger partial charge is 0.463 e. The van der Waals surface area contributed by atoms with Crippen molar-refractivity contribution in [2.45, 2.75) is 33.1 Å². The SMILES string of the molecule is CCc1ccc(-c2c(CC)ccc3c2C=C(c2occ4ccccc24)C3)cc1. The first kappa shape index (κ1) is 17.1. The molecule has 1 nitrogen and oxygen atoms in total. The zero-order valence-corrected chi connectivity index (χ0v) is 16.5. The van der Waals surface area contributed by atoms with Crippen molar-refractivity contribution in [3.8, 4) is 11.1 Å². The molecule has 0 amide bonds. The van der Waals surface area contributed by atoms with E-state index >= 15 is 0 Å². The lowest BCUT2D eigenvalue weighted by atomic mass is 9.90. The maximum absolute atomic E-state index is 5.99. The molecule has 3 aromatic carbocycles. The van der Waals surface area contributed by atoms with Gasteiger partial charge in [-0.2, -0.15) is 0 Å². The molecule has 0 spiro atoms. The fourth-order valence-corrected chi connectivity index (χ4v) is 4.39. The van der Waals surface area contributed by atoms with Gasteiger partial charge in [-0.1, -0.05) is 74.5 Å². The molecule has 0 fully saturated rings. The number of aryl methyl sites for hydroxylation is 2. The third-order valence-electron chi connectivity index (χ3n) is 5.95. The molecule has 0 N–H and O–H groups in total. The van der Waals surface area contributed by atoms with Crippen molar-refractivity contribution in [1.29, 1.82) is 0 Å². The summed E-state index contributed by atoms with van der Waals surface area (Å²) < 4.78 is 5.99. The molecule has 0 unspecified atom stereocenters. The number of allylic oxidation sites excluding steroid dienone is 1. The molecule has 0 saturated carbocycles. The number of hydrogen-bond donors (Lipinski definition) is 0. The Morgan fingerprint density at radius 2 is 1.68 bits per heavy atom. The zero-order chi connectivity index (χ0) is 19.1. The van der Waals surface area contributed by atoms with E-state index < -0.39 is 0 Å². The smallest absolute Gasteiger partial charge is 0.138 e. The highest BCUT2D eigenvalue weighted by Gasteiger charge is 2.22. The molecule has 0 radical (unpaired) electrons. The molecule has 1 aliphatic rings. The molecule has 0 saturated heterocycles. The highest BCUT2D eigenvalue weighted by molar-refractivity contribution is 6.00. The quantitative estimate of drug-likeness (QED) is 0.370. The van der Waals surface area contributed by atoms with Gasteiger partial charge in [0, 0.05) is 22.8 Å². The first-order valence-corrected chi connectivity index (χ1v) is 10.2. The molecule has 4 aromatic rings. The Morgan fingerprint density at radius 3 is 2.46 bits per heavy atom. The predicted molar refractivity (Wildman–Crippen MR) is 118 cm³/mol.